The lowest BCUT2D eigenvalue weighted by Gasteiger charge is -2.19. The van der Waals surface area contributed by atoms with E-state index in [-0.39, 0.29) is 0 Å². The van der Waals surface area contributed by atoms with Gasteiger partial charge < -0.3 is 15.4 Å². The van der Waals surface area contributed by atoms with Crippen molar-refractivity contribution in [3.63, 3.8) is 0 Å². The van der Waals surface area contributed by atoms with E-state index >= 15 is 0 Å². The van der Waals surface area contributed by atoms with E-state index in [1.807, 2.05) is 36.4 Å². The molecule has 0 spiro atoms. The van der Waals surface area contributed by atoms with E-state index < -0.39 is 0 Å². The Bertz CT molecular complexity index is 704. The average Bonchev–Trinajstić information content (AvgIpc) is 2.52. The molecule has 0 fully saturated rings. The average molecular weight is 336 g/mol. The smallest absolute Gasteiger partial charge is 0.196 e. The minimum Gasteiger partial charge on any atom is -0.490 e. The summed E-state index contributed by atoms with van der Waals surface area (Å²) in [6.07, 6.45) is 0. The molecule has 3 rings (SSSR count). The molecule has 0 saturated carbocycles. The highest BCUT2D eigenvalue weighted by Crippen LogP contribution is 2.25. The molecule has 0 aliphatic carbocycles. The normalized spacial score (nSPS) is 12.9. The van der Waals surface area contributed by atoms with Gasteiger partial charge in [0, 0.05) is 11.6 Å². The van der Waals surface area contributed by atoms with Crippen molar-refractivity contribution < 1.29 is 4.74 Å². The van der Waals surface area contributed by atoms with Gasteiger partial charge in [0.1, 0.15) is 12.4 Å². The van der Waals surface area contributed by atoms with Gasteiger partial charge in [0.25, 0.3) is 0 Å². The molecule has 0 atom stereocenters. The number of para-hydroxylation sites is 1. The van der Waals surface area contributed by atoms with E-state index in [1.165, 1.54) is 0 Å². The number of guanidine groups is 1. The van der Waals surface area contributed by atoms with E-state index in [9.17, 15) is 0 Å². The molecule has 2 aromatic rings. The second-order valence-corrected chi connectivity index (χ2v) is 5.64. The number of hydrogen-bond donors (Lipinski definition) is 2. The van der Waals surface area contributed by atoms with Gasteiger partial charge in [-0.25, -0.2) is 4.99 Å². The summed E-state index contributed by atoms with van der Waals surface area (Å²) in [5, 5.41) is 7.71. The van der Waals surface area contributed by atoms with Crippen LogP contribution in [0.15, 0.2) is 47.5 Å². The molecule has 2 aromatic carbocycles. The second kappa shape index (κ2) is 6.90. The maximum absolute atomic E-state index is 6.03. The van der Waals surface area contributed by atoms with Crippen molar-refractivity contribution in [1.82, 2.24) is 10.6 Å². The summed E-state index contributed by atoms with van der Waals surface area (Å²) in [5.41, 5.74) is 2.02. The van der Waals surface area contributed by atoms with Crippen molar-refractivity contribution in [3.05, 3.63) is 58.1 Å². The lowest BCUT2D eigenvalue weighted by molar-refractivity contribution is 0.322. The lowest BCUT2D eigenvalue weighted by Crippen LogP contribution is -2.40. The summed E-state index contributed by atoms with van der Waals surface area (Å²) < 4.78 is 5.62. The van der Waals surface area contributed by atoms with Gasteiger partial charge >= 0.3 is 0 Å². The van der Waals surface area contributed by atoms with Crippen molar-refractivity contribution in [1.29, 1.82) is 0 Å². The molecule has 1 aliphatic heterocycles. The number of hydrogen-bond acceptors (Lipinski definition) is 4. The van der Waals surface area contributed by atoms with Crippen LogP contribution in [0.25, 0.3) is 0 Å². The van der Waals surface area contributed by atoms with Crippen molar-refractivity contribution in [2.24, 2.45) is 4.99 Å². The number of nitrogens with zero attached hydrogens (tertiary/aromatic N) is 1. The SMILES string of the molecule is Clc1ccc2c(c1)N=C(NCCOc1ccccc1Cl)NC2. The van der Waals surface area contributed by atoms with Crippen LogP contribution in [0, 0.1) is 0 Å². The molecule has 0 amide bonds. The topological polar surface area (TPSA) is 45.7 Å². The van der Waals surface area contributed by atoms with E-state index in [2.05, 4.69) is 15.6 Å². The number of benzene rings is 2. The number of halogens is 2. The predicted molar refractivity (Wildman–Crippen MR) is 90.3 cm³/mol. The summed E-state index contributed by atoms with van der Waals surface area (Å²) in [4.78, 5) is 4.50. The standard InChI is InChI=1S/C16H15Cl2N3O/c17-12-6-5-11-10-20-16(21-14(11)9-12)19-7-8-22-15-4-2-1-3-13(15)18/h1-6,9H,7-8,10H2,(H2,19,20,21). The fourth-order valence-corrected chi connectivity index (χ4v) is 2.48. The summed E-state index contributed by atoms with van der Waals surface area (Å²) in [7, 11) is 0. The summed E-state index contributed by atoms with van der Waals surface area (Å²) >= 11 is 12.0. The number of rotatable bonds is 4. The Morgan fingerprint density at radius 2 is 2.05 bits per heavy atom. The molecule has 0 aromatic heterocycles. The highest BCUT2D eigenvalue weighted by molar-refractivity contribution is 6.32. The maximum Gasteiger partial charge on any atom is 0.196 e. The van der Waals surface area contributed by atoms with Gasteiger partial charge in [0.15, 0.2) is 5.96 Å². The lowest BCUT2D eigenvalue weighted by atomic mass is 10.1. The molecule has 0 saturated heterocycles. The first-order valence-electron chi connectivity index (χ1n) is 6.94. The van der Waals surface area contributed by atoms with Crippen LogP contribution < -0.4 is 15.4 Å². The first-order chi connectivity index (χ1) is 10.7. The number of aliphatic imine (C=N–C) groups is 1. The first kappa shape index (κ1) is 15.0. The van der Waals surface area contributed by atoms with Gasteiger partial charge in [-0.3, -0.25) is 0 Å². The molecular formula is C16H15Cl2N3O. The van der Waals surface area contributed by atoms with Crippen molar-refractivity contribution in [3.8, 4) is 5.75 Å². The van der Waals surface area contributed by atoms with E-state index in [1.54, 1.807) is 6.07 Å². The van der Waals surface area contributed by atoms with Crippen molar-refractivity contribution in [2.75, 3.05) is 13.2 Å². The Morgan fingerprint density at radius 3 is 2.91 bits per heavy atom. The molecule has 1 heterocycles. The predicted octanol–water partition coefficient (Wildman–Crippen LogP) is 3.75. The molecule has 4 nitrogen and oxygen atoms in total. The van der Waals surface area contributed by atoms with Crippen molar-refractivity contribution >= 4 is 34.8 Å². The van der Waals surface area contributed by atoms with Gasteiger partial charge in [-0.15, -0.1) is 0 Å². The first-order valence-corrected chi connectivity index (χ1v) is 7.70. The number of ether oxygens (including phenoxy) is 1. The van der Waals surface area contributed by atoms with Crippen LogP contribution in [0.1, 0.15) is 5.56 Å². The highest BCUT2D eigenvalue weighted by atomic mass is 35.5. The largest absolute Gasteiger partial charge is 0.490 e. The summed E-state index contributed by atoms with van der Waals surface area (Å²) in [6.45, 7) is 1.84. The Morgan fingerprint density at radius 1 is 1.18 bits per heavy atom. The van der Waals surface area contributed by atoms with Gasteiger partial charge in [0.2, 0.25) is 0 Å². The highest BCUT2D eigenvalue weighted by Gasteiger charge is 2.11. The van der Waals surface area contributed by atoms with Gasteiger partial charge in [-0.1, -0.05) is 41.4 Å². The molecule has 0 radical (unpaired) electrons. The van der Waals surface area contributed by atoms with Crippen LogP contribution in [0.2, 0.25) is 10.0 Å². The monoisotopic (exact) mass is 335 g/mol. The van der Waals surface area contributed by atoms with Gasteiger partial charge in [0.05, 0.1) is 17.3 Å². The van der Waals surface area contributed by atoms with Crippen molar-refractivity contribution in [2.45, 2.75) is 6.54 Å². The van der Waals surface area contributed by atoms with Gasteiger partial charge in [-0.2, -0.15) is 0 Å². The fourth-order valence-electron chi connectivity index (χ4n) is 2.12. The maximum atomic E-state index is 6.03. The number of nitrogens with one attached hydrogen (secondary N) is 2. The molecular weight excluding hydrogens is 321 g/mol. The third kappa shape index (κ3) is 3.64. The molecule has 6 heteroatoms. The minimum absolute atomic E-state index is 0.493. The van der Waals surface area contributed by atoms with Crippen LogP contribution in [-0.2, 0) is 6.54 Å². The Labute approximate surface area is 139 Å². The molecule has 2 N–H and O–H groups in total. The third-order valence-corrected chi connectivity index (χ3v) is 3.76. The van der Waals surface area contributed by atoms with Crippen LogP contribution in [-0.4, -0.2) is 19.1 Å². The molecule has 22 heavy (non-hydrogen) atoms. The third-order valence-electron chi connectivity index (χ3n) is 3.21. The Balaban J connectivity index is 1.53. The van der Waals surface area contributed by atoms with Crippen LogP contribution in [0.5, 0.6) is 5.75 Å². The van der Waals surface area contributed by atoms with Gasteiger partial charge in [-0.05, 0) is 29.8 Å². The second-order valence-electron chi connectivity index (χ2n) is 4.79. The fraction of sp³-hybridized carbons (Fsp3) is 0.188. The molecule has 1 aliphatic rings. The Hall–Kier alpha value is -1.91. The zero-order valence-corrected chi connectivity index (χ0v) is 13.3. The van der Waals surface area contributed by atoms with E-state index in [4.69, 9.17) is 27.9 Å². The van der Waals surface area contributed by atoms with E-state index in [0.717, 1.165) is 23.8 Å². The van der Waals surface area contributed by atoms with E-state index in [0.29, 0.717) is 28.9 Å². The van der Waals surface area contributed by atoms with Crippen LogP contribution in [0.4, 0.5) is 5.69 Å². The zero-order chi connectivity index (χ0) is 15.4. The summed E-state index contributed by atoms with van der Waals surface area (Å²) in [6, 6.07) is 13.1. The molecule has 0 bridgehead atoms. The Kier molecular flexibility index (Phi) is 4.71. The molecule has 0 unspecified atom stereocenters. The number of fused-ring (bicyclic) bond motifs is 1. The van der Waals surface area contributed by atoms with Crippen LogP contribution in [0.3, 0.4) is 0 Å². The summed E-state index contributed by atoms with van der Waals surface area (Å²) in [5.74, 6) is 1.40. The van der Waals surface area contributed by atoms with Crippen LogP contribution >= 0.6 is 23.2 Å². The minimum atomic E-state index is 0.493. The zero-order valence-electron chi connectivity index (χ0n) is 11.8. The quantitative estimate of drug-likeness (QED) is 0.836. The molecule has 114 valence electrons.